The van der Waals surface area contributed by atoms with Crippen molar-refractivity contribution in [2.75, 3.05) is 33.0 Å². The molecule has 338 valence electrons. The summed E-state index contributed by atoms with van der Waals surface area (Å²) in [6, 6.07) is 0. The van der Waals surface area contributed by atoms with Crippen molar-refractivity contribution in [3.8, 4) is 0 Å². The third-order valence-corrected chi connectivity index (χ3v) is 10.7. The summed E-state index contributed by atoms with van der Waals surface area (Å²) in [4.78, 5) is 22.6. The highest BCUT2D eigenvalue weighted by molar-refractivity contribution is 7.47. The van der Waals surface area contributed by atoms with Crippen LogP contribution < -0.4 is 0 Å². The lowest BCUT2D eigenvalue weighted by molar-refractivity contribution is -0.154. The van der Waals surface area contributed by atoms with Crippen molar-refractivity contribution in [3.63, 3.8) is 0 Å². The standard InChI is InChI=1S/C48H87O9P/c1-3-5-7-9-11-13-15-17-19-21-22-23-24-25-26-28-30-32-34-36-38-40-48(51)57-47(45-56-58(52,53)55-43-46(50)42-49)44-54-41-39-37-35-33-31-29-27-20-18-16-14-12-10-8-6-4-2/h5,7,11,13,17,19,22-23,25-26,46-47,49-50H,3-4,6,8-10,12,14-16,18,20-21,24,27-45H2,1-2H3,(H,52,53)/b7-5-,13-11-,19-17-,23-22-,26-25-. The topological polar surface area (TPSA) is 132 Å². The van der Waals surface area contributed by atoms with E-state index < -0.39 is 39.2 Å². The van der Waals surface area contributed by atoms with E-state index in [1.165, 1.54) is 83.5 Å². The first-order valence-corrected chi connectivity index (χ1v) is 24.8. The summed E-state index contributed by atoms with van der Waals surface area (Å²) < 4.78 is 33.4. The van der Waals surface area contributed by atoms with Crippen LogP contribution >= 0.6 is 7.82 Å². The molecule has 10 heteroatoms. The van der Waals surface area contributed by atoms with Gasteiger partial charge < -0.3 is 24.6 Å². The molecule has 0 heterocycles. The Bertz CT molecular complexity index is 1090. The van der Waals surface area contributed by atoms with Gasteiger partial charge in [-0.1, -0.05) is 190 Å². The summed E-state index contributed by atoms with van der Waals surface area (Å²) in [7, 11) is -4.53. The fourth-order valence-electron chi connectivity index (χ4n) is 6.21. The number of phosphoric ester groups is 1. The molecule has 0 aliphatic carbocycles. The van der Waals surface area contributed by atoms with Crippen molar-refractivity contribution >= 4 is 13.8 Å². The number of allylic oxidation sites excluding steroid dienone is 10. The van der Waals surface area contributed by atoms with Crippen LogP contribution in [0.5, 0.6) is 0 Å². The molecule has 0 aliphatic rings. The molecule has 0 aromatic heterocycles. The number of carbonyl (C=O) groups excluding carboxylic acids is 1. The summed E-state index contributed by atoms with van der Waals surface area (Å²) >= 11 is 0. The smallest absolute Gasteiger partial charge is 0.457 e. The van der Waals surface area contributed by atoms with Gasteiger partial charge in [0.15, 0.2) is 0 Å². The van der Waals surface area contributed by atoms with Gasteiger partial charge in [-0.15, -0.1) is 0 Å². The maximum absolute atomic E-state index is 12.6. The third kappa shape index (κ3) is 43.7. The van der Waals surface area contributed by atoms with E-state index in [0.717, 1.165) is 83.5 Å². The molecule has 0 aliphatic heterocycles. The predicted molar refractivity (Wildman–Crippen MR) is 242 cm³/mol. The summed E-state index contributed by atoms with van der Waals surface area (Å²) in [5, 5.41) is 18.4. The van der Waals surface area contributed by atoms with Crippen molar-refractivity contribution in [2.45, 2.75) is 206 Å². The highest BCUT2D eigenvalue weighted by atomic mass is 31.2. The quantitative estimate of drug-likeness (QED) is 0.0237. The van der Waals surface area contributed by atoms with E-state index in [2.05, 4.69) is 74.6 Å². The van der Waals surface area contributed by atoms with Crippen LogP contribution in [0, 0.1) is 0 Å². The minimum atomic E-state index is -4.53. The van der Waals surface area contributed by atoms with E-state index in [1.807, 2.05) is 0 Å². The molecule has 3 N–H and O–H groups in total. The molecule has 0 aromatic carbocycles. The molecule has 58 heavy (non-hydrogen) atoms. The Kier molecular flexibility index (Phi) is 43.3. The molecule has 0 amide bonds. The highest BCUT2D eigenvalue weighted by Gasteiger charge is 2.26. The first kappa shape index (κ1) is 56.2. The summed E-state index contributed by atoms with van der Waals surface area (Å²) in [6.07, 6.45) is 51.7. The molecule has 0 rings (SSSR count). The number of unbranched alkanes of at least 4 members (excludes halogenated alkanes) is 20. The van der Waals surface area contributed by atoms with Gasteiger partial charge in [0.25, 0.3) is 0 Å². The Morgan fingerprint density at radius 1 is 0.552 bits per heavy atom. The molecule has 3 unspecified atom stereocenters. The second kappa shape index (κ2) is 44.7. The number of rotatable bonds is 44. The van der Waals surface area contributed by atoms with Crippen LogP contribution in [0.1, 0.15) is 194 Å². The number of phosphoric acid groups is 1. The van der Waals surface area contributed by atoms with Crippen molar-refractivity contribution in [2.24, 2.45) is 0 Å². The normalized spacial score (nSPS) is 14.5. The molecule has 0 saturated heterocycles. The van der Waals surface area contributed by atoms with Gasteiger partial charge in [-0.3, -0.25) is 13.8 Å². The lowest BCUT2D eigenvalue weighted by Gasteiger charge is -2.20. The Morgan fingerprint density at radius 2 is 0.983 bits per heavy atom. The molecule has 0 radical (unpaired) electrons. The molecular weight excluding hydrogens is 751 g/mol. The second-order valence-electron chi connectivity index (χ2n) is 15.4. The van der Waals surface area contributed by atoms with E-state index >= 15 is 0 Å². The molecule has 0 saturated carbocycles. The molecule has 9 nitrogen and oxygen atoms in total. The fourth-order valence-corrected chi connectivity index (χ4v) is 7.00. The van der Waals surface area contributed by atoms with Crippen LogP contribution in [0.25, 0.3) is 0 Å². The third-order valence-electron chi connectivity index (χ3n) is 9.72. The number of carbonyl (C=O) groups is 1. The number of aliphatic hydroxyl groups is 2. The maximum Gasteiger partial charge on any atom is 0.472 e. The molecule has 3 atom stereocenters. The average Bonchev–Trinajstić information content (AvgIpc) is 3.21. The van der Waals surface area contributed by atoms with Gasteiger partial charge in [0.05, 0.1) is 26.4 Å². The van der Waals surface area contributed by atoms with Gasteiger partial charge in [-0.2, -0.15) is 0 Å². The van der Waals surface area contributed by atoms with E-state index in [4.69, 9.17) is 23.6 Å². The zero-order valence-corrected chi connectivity index (χ0v) is 37.9. The van der Waals surface area contributed by atoms with Crippen LogP contribution in [0.4, 0.5) is 0 Å². The Labute approximate surface area is 355 Å². The van der Waals surface area contributed by atoms with Crippen molar-refractivity contribution in [3.05, 3.63) is 60.8 Å². The van der Waals surface area contributed by atoms with E-state index in [0.29, 0.717) is 13.0 Å². The monoisotopic (exact) mass is 839 g/mol. The summed E-state index contributed by atoms with van der Waals surface area (Å²) in [6.45, 7) is 3.40. The van der Waals surface area contributed by atoms with Crippen LogP contribution in [0.2, 0.25) is 0 Å². The van der Waals surface area contributed by atoms with Gasteiger partial charge in [-0.05, 0) is 57.8 Å². The number of aliphatic hydroxyl groups excluding tert-OH is 2. The number of hydrogen-bond acceptors (Lipinski definition) is 8. The molecule has 0 spiro atoms. The zero-order valence-electron chi connectivity index (χ0n) is 37.0. The molecule has 0 bridgehead atoms. The van der Waals surface area contributed by atoms with Crippen molar-refractivity contribution < 1.29 is 43.0 Å². The SMILES string of the molecule is CC/C=C\C/C=C\C/C=C\C/C=C\C/C=C\CCCCCCCC(=O)OC(COCCCCCCCCCCCCCCCCCC)COP(=O)(O)OCC(O)CO. The van der Waals surface area contributed by atoms with E-state index in [-0.39, 0.29) is 19.6 Å². The Hall–Kier alpha value is -1.84. The summed E-state index contributed by atoms with van der Waals surface area (Å²) in [5.74, 6) is -0.400. The largest absolute Gasteiger partial charge is 0.472 e. The molecular formula is C48H87O9P. The van der Waals surface area contributed by atoms with Crippen LogP contribution in [0.3, 0.4) is 0 Å². The van der Waals surface area contributed by atoms with Gasteiger partial charge >= 0.3 is 13.8 Å². The van der Waals surface area contributed by atoms with Crippen molar-refractivity contribution in [1.82, 2.24) is 0 Å². The van der Waals surface area contributed by atoms with Gasteiger partial charge in [0.1, 0.15) is 12.2 Å². The highest BCUT2D eigenvalue weighted by Crippen LogP contribution is 2.43. The minimum Gasteiger partial charge on any atom is -0.457 e. The van der Waals surface area contributed by atoms with E-state index in [1.54, 1.807) is 0 Å². The van der Waals surface area contributed by atoms with Gasteiger partial charge in [0, 0.05) is 13.0 Å². The Morgan fingerprint density at radius 3 is 1.48 bits per heavy atom. The second-order valence-corrected chi connectivity index (χ2v) is 16.9. The molecule has 0 fully saturated rings. The summed E-state index contributed by atoms with van der Waals surface area (Å²) in [5.41, 5.74) is 0. The lowest BCUT2D eigenvalue weighted by Crippen LogP contribution is -2.29. The first-order chi connectivity index (χ1) is 28.3. The molecule has 0 aromatic rings. The number of hydrogen-bond donors (Lipinski definition) is 3. The zero-order chi connectivity index (χ0) is 42.5. The van der Waals surface area contributed by atoms with Crippen LogP contribution in [-0.2, 0) is 27.9 Å². The van der Waals surface area contributed by atoms with Gasteiger partial charge in [-0.25, -0.2) is 4.57 Å². The maximum atomic E-state index is 12.6. The average molecular weight is 839 g/mol. The Balaban J connectivity index is 4.18. The fraction of sp³-hybridized carbons (Fsp3) is 0.771. The minimum absolute atomic E-state index is 0.0412. The number of ether oxygens (including phenoxy) is 2. The lowest BCUT2D eigenvalue weighted by atomic mass is 10.0. The number of esters is 1. The van der Waals surface area contributed by atoms with E-state index in [9.17, 15) is 19.4 Å². The van der Waals surface area contributed by atoms with Crippen molar-refractivity contribution in [1.29, 1.82) is 0 Å². The van der Waals surface area contributed by atoms with Gasteiger partial charge in [0.2, 0.25) is 0 Å². The van der Waals surface area contributed by atoms with Crippen LogP contribution in [0.15, 0.2) is 60.8 Å². The van der Waals surface area contributed by atoms with Crippen LogP contribution in [-0.4, -0.2) is 66.3 Å². The predicted octanol–water partition coefficient (Wildman–Crippen LogP) is 13.1. The first-order valence-electron chi connectivity index (χ1n) is 23.3.